The molecule has 0 radical (unpaired) electrons. The molecule has 0 atom stereocenters. The Labute approximate surface area is 158 Å². The van der Waals surface area contributed by atoms with Crippen LogP contribution in [0.25, 0.3) is 11.0 Å². The number of aromatic nitrogens is 5. The molecule has 0 bridgehead atoms. The molecule has 0 aliphatic rings. The number of carbonyl (C=O) groups is 1. The van der Waals surface area contributed by atoms with Gasteiger partial charge in [0.05, 0.1) is 12.1 Å². The molecule has 2 aromatic carbocycles. The number of hydrogen-bond acceptors (Lipinski definition) is 6. The second kappa shape index (κ2) is 7.20. The molecule has 0 saturated heterocycles. The van der Waals surface area contributed by atoms with Gasteiger partial charge in [-0.3, -0.25) is 9.69 Å². The predicted molar refractivity (Wildman–Crippen MR) is 100 cm³/mol. The predicted octanol–water partition coefficient (Wildman–Crippen LogP) is 3.14. The SMILES string of the molecule is CCN(C(=O)c1ccc(F)cc1)c1nnc(Cn2nnc3ccccc32)s1. The molecule has 0 unspecified atom stereocenters. The lowest BCUT2D eigenvalue weighted by atomic mass is 10.2. The topological polar surface area (TPSA) is 76.8 Å². The number of amides is 1. The summed E-state index contributed by atoms with van der Waals surface area (Å²) in [5, 5.41) is 17.8. The fraction of sp³-hybridized carbons (Fsp3) is 0.167. The van der Waals surface area contributed by atoms with Crippen molar-refractivity contribution in [2.75, 3.05) is 11.4 Å². The van der Waals surface area contributed by atoms with Gasteiger partial charge in [-0.15, -0.1) is 15.3 Å². The van der Waals surface area contributed by atoms with Crippen molar-refractivity contribution in [2.24, 2.45) is 0 Å². The molecular formula is C18H15FN6OS. The Balaban J connectivity index is 1.57. The summed E-state index contributed by atoms with van der Waals surface area (Å²) in [7, 11) is 0. The fourth-order valence-electron chi connectivity index (χ4n) is 2.69. The minimum Gasteiger partial charge on any atom is -0.283 e. The molecule has 1 amide bonds. The van der Waals surface area contributed by atoms with Gasteiger partial charge in [-0.25, -0.2) is 9.07 Å². The minimum atomic E-state index is -0.382. The van der Waals surface area contributed by atoms with Crippen molar-refractivity contribution < 1.29 is 9.18 Å². The average Bonchev–Trinajstić information content (AvgIpc) is 3.31. The van der Waals surface area contributed by atoms with Gasteiger partial charge in [0, 0.05) is 12.1 Å². The first-order chi connectivity index (χ1) is 13.2. The molecule has 0 aliphatic heterocycles. The van der Waals surface area contributed by atoms with Crippen LogP contribution in [0, 0.1) is 5.82 Å². The number of halogens is 1. The molecule has 136 valence electrons. The molecule has 4 aromatic rings. The second-order valence-corrected chi connectivity index (χ2v) is 6.81. The molecule has 4 rings (SSSR count). The maximum atomic E-state index is 13.1. The van der Waals surface area contributed by atoms with Crippen molar-refractivity contribution in [1.82, 2.24) is 25.2 Å². The molecule has 0 saturated carbocycles. The molecule has 7 nitrogen and oxygen atoms in total. The molecule has 9 heteroatoms. The van der Waals surface area contributed by atoms with Crippen LogP contribution in [0.5, 0.6) is 0 Å². The van der Waals surface area contributed by atoms with Crippen LogP contribution in [0.4, 0.5) is 9.52 Å². The number of hydrogen-bond donors (Lipinski definition) is 0. The maximum absolute atomic E-state index is 13.1. The van der Waals surface area contributed by atoms with Crippen molar-refractivity contribution in [3.63, 3.8) is 0 Å². The van der Waals surface area contributed by atoms with Crippen molar-refractivity contribution in [3.05, 3.63) is 64.9 Å². The van der Waals surface area contributed by atoms with Crippen molar-refractivity contribution in [1.29, 1.82) is 0 Å². The van der Waals surface area contributed by atoms with E-state index in [4.69, 9.17) is 0 Å². The number of anilines is 1. The van der Waals surface area contributed by atoms with E-state index < -0.39 is 0 Å². The number of para-hydroxylation sites is 1. The summed E-state index contributed by atoms with van der Waals surface area (Å²) in [6.07, 6.45) is 0. The zero-order valence-electron chi connectivity index (χ0n) is 14.4. The van der Waals surface area contributed by atoms with E-state index in [0.29, 0.717) is 28.8 Å². The molecule has 0 aliphatic carbocycles. The lowest BCUT2D eigenvalue weighted by Gasteiger charge is -2.16. The van der Waals surface area contributed by atoms with Crippen LogP contribution in [-0.2, 0) is 6.54 Å². The Morgan fingerprint density at radius 3 is 2.67 bits per heavy atom. The highest BCUT2D eigenvalue weighted by atomic mass is 32.1. The Kier molecular flexibility index (Phi) is 4.59. The monoisotopic (exact) mass is 382 g/mol. The first-order valence-electron chi connectivity index (χ1n) is 8.33. The summed E-state index contributed by atoms with van der Waals surface area (Å²) < 4.78 is 14.8. The molecule has 0 fully saturated rings. The molecule has 0 N–H and O–H groups in total. The van der Waals surface area contributed by atoms with Gasteiger partial charge in [-0.1, -0.05) is 28.7 Å². The summed E-state index contributed by atoms with van der Waals surface area (Å²) in [5.41, 5.74) is 2.12. The van der Waals surface area contributed by atoms with E-state index in [0.717, 1.165) is 11.0 Å². The summed E-state index contributed by atoms with van der Waals surface area (Å²) >= 11 is 1.32. The van der Waals surface area contributed by atoms with Gasteiger partial charge in [0.2, 0.25) is 5.13 Å². The molecule has 27 heavy (non-hydrogen) atoms. The highest BCUT2D eigenvalue weighted by Gasteiger charge is 2.20. The third kappa shape index (κ3) is 3.41. The number of benzene rings is 2. The molecule has 2 heterocycles. The van der Waals surface area contributed by atoms with Gasteiger partial charge in [0.15, 0.2) is 0 Å². The summed E-state index contributed by atoms with van der Waals surface area (Å²) in [5.74, 6) is -0.626. The van der Waals surface area contributed by atoms with Gasteiger partial charge in [0.25, 0.3) is 5.91 Å². The third-order valence-electron chi connectivity index (χ3n) is 4.04. The van der Waals surface area contributed by atoms with Crippen molar-refractivity contribution in [2.45, 2.75) is 13.5 Å². The number of fused-ring (bicyclic) bond motifs is 1. The Morgan fingerprint density at radius 1 is 1.11 bits per heavy atom. The number of carbonyl (C=O) groups excluding carboxylic acids is 1. The quantitative estimate of drug-likeness (QED) is 0.530. The highest BCUT2D eigenvalue weighted by molar-refractivity contribution is 7.15. The van der Waals surface area contributed by atoms with Gasteiger partial charge < -0.3 is 0 Å². The summed E-state index contributed by atoms with van der Waals surface area (Å²) in [4.78, 5) is 14.2. The smallest absolute Gasteiger partial charge is 0.260 e. The van der Waals surface area contributed by atoms with E-state index in [1.807, 2.05) is 31.2 Å². The molecule has 2 aromatic heterocycles. The Bertz CT molecular complexity index is 1090. The standard InChI is InChI=1S/C18H15FN6OS/c1-2-24(17(26)12-7-9-13(19)10-8-12)18-22-21-16(27-18)11-25-15-6-4-3-5-14(15)20-23-25/h3-10H,2,11H2,1H3. The lowest BCUT2D eigenvalue weighted by Crippen LogP contribution is -2.30. The Hall–Kier alpha value is -3.20. The van der Waals surface area contributed by atoms with E-state index in [-0.39, 0.29) is 11.7 Å². The zero-order valence-corrected chi connectivity index (χ0v) is 15.2. The summed E-state index contributed by atoms with van der Waals surface area (Å²) in [6.45, 7) is 2.70. The fourth-order valence-corrected chi connectivity index (χ4v) is 3.58. The average molecular weight is 382 g/mol. The lowest BCUT2D eigenvalue weighted by molar-refractivity contribution is 0.0988. The minimum absolute atomic E-state index is 0.244. The van der Waals surface area contributed by atoms with Crippen LogP contribution in [0.1, 0.15) is 22.3 Å². The zero-order chi connectivity index (χ0) is 18.8. The highest BCUT2D eigenvalue weighted by Crippen LogP contribution is 2.23. The van der Waals surface area contributed by atoms with Crippen LogP contribution in [0.15, 0.2) is 48.5 Å². The van der Waals surface area contributed by atoms with Crippen LogP contribution in [0.2, 0.25) is 0 Å². The Morgan fingerprint density at radius 2 is 1.89 bits per heavy atom. The van der Waals surface area contributed by atoms with Gasteiger partial charge in [-0.05, 0) is 43.3 Å². The van der Waals surface area contributed by atoms with E-state index in [2.05, 4.69) is 20.5 Å². The van der Waals surface area contributed by atoms with Crippen LogP contribution >= 0.6 is 11.3 Å². The van der Waals surface area contributed by atoms with Crippen LogP contribution in [0.3, 0.4) is 0 Å². The van der Waals surface area contributed by atoms with Crippen LogP contribution < -0.4 is 4.90 Å². The van der Waals surface area contributed by atoms with Gasteiger partial charge in [-0.2, -0.15) is 0 Å². The first-order valence-corrected chi connectivity index (χ1v) is 9.15. The van der Waals surface area contributed by atoms with E-state index >= 15 is 0 Å². The van der Waals surface area contributed by atoms with Crippen molar-refractivity contribution in [3.8, 4) is 0 Å². The summed E-state index contributed by atoms with van der Waals surface area (Å²) in [6, 6.07) is 13.1. The molecular weight excluding hydrogens is 367 g/mol. The first kappa shape index (κ1) is 17.2. The van der Waals surface area contributed by atoms with Crippen LogP contribution in [-0.4, -0.2) is 37.6 Å². The van der Waals surface area contributed by atoms with Gasteiger partial charge in [0.1, 0.15) is 16.3 Å². The second-order valence-electron chi connectivity index (χ2n) is 5.77. The largest absolute Gasteiger partial charge is 0.283 e. The normalized spacial score (nSPS) is 11.0. The molecule has 0 spiro atoms. The van der Waals surface area contributed by atoms with E-state index in [9.17, 15) is 9.18 Å². The van der Waals surface area contributed by atoms with E-state index in [1.165, 1.54) is 40.5 Å². The van der Waals surface area contributed by atoms with E-state index in [1.54, 1.807) is 4.68 Å². The van der Waals surface area contributed by atoms with Gasteiger partial charge >= 0.3 is 0 Å². The number of rotatable bonds is 5. The third-order valence-corrected chi connectivity index (χ3v) is 4.98. The maximum Gasteiger partial charge on any atom is 0.260 e. The van der Waals surface area contributed by atoms with Crippen molar-refractivity contribution >= 4 is 33.4 Å². The number of nitrogens with zero attached hydrogens (tertiary/aromatic N) is 6.